The summed E-state index contributed by atoms with van der Waals surface area (Å²) in [4.78, 5) is 29.1. The van der Waals surface area contributed by atoms with Crippen LogP contribution in [0.1, 0.15) is 39.5 Å². The highest BCUT2D eigenvalue weighted by Gasteiger charge is 2.24. The summed E-state index contributed by atoms with van der Waals surface area (Å²) in [6.07, 6.45) is 5.19. The predicted molar refractivity (Wildman–Crippen MR) is 122 cm³/mol. The minimum absolute atomic E-state index is 0.161. The van der Waals surface area contributed by atoms with Gasteiger partial charge in [0, 0.05) is 17.5 Å². The summed E-state index contributed by atoms with van der Waals surface area (Å²) in [6.45, 7) is 2.39. The van der Waals surface area contributed by atoms with Crippen LogP contribution in [0.15, 0.2) is 60.0 Å². The number of benzene rings is 2. The smallest absolute Gasteiger partial charge is 0.253 e. The molecule has 7 heteroatoms. The van der Waals surface area contributed by atoms with Crippen LogP contribution >= 0.6 is 11.3 Å². The summed E-state index contributed by atoms with van der Waals surface area (Å²) in [5.41, 5.74) is 2.74. The first-order valence-corrected chi connectivity index (χ1v) is 11.0. The summed E-state index contributed by atoms with van der Waals surface area (Å²) in [7, 11) is 0. The van der Waals surface area contributed by atoms with Gasteiger partial charge in [0.15, 0.2) is 0 Å². The number of aromatic nitrogens is 1. The molecule has 6 nitrogen and oxygen atoms in total. The molecule has 0 aliphatic heterocycles. The molecule has 0 atom stereocenters. The lowest BCUT2D eigenvalue weighted by Gasteiger charge is -2.10. The van der Waals surface area contributed by atoms with Gasteiger partial charge in [-0.2, -0.15) is 0 Å². The van der Waals surface area contributed by atoms with Gasteiger partial charge < -0.3 is 15.4 Å². The summed E-state index contributed by atoms with van der Waals surface area (Å²) in [5.74, 6) is 0.277. The molecular weight excluding hydrogens is 410 g/mol. The van der Waals surface area contributed by atoms with Crippen molar-refractivity contribution in [2.45, 2.75) is 32.4 Å². The van der Waals surface area contributed by atoms with E-state index in [0.717, 1.165) is 34.9 Å². The molecule has 2 N–H and O–H groups in total. The average Bonchev–Trinajstić information content (AvgIpc) is 3.49. The number of hydrogen-bond donors (Lipinski definition) is 2. The second-order valence-corrected chi connectivity index (χ2v) is 8.39. The minimum Gasteiger partial charge on any atom is -0.487 e. The third kappa shape index (κ3) is 6.02. The number of carbonyl (C=O) groups excluding carboxylic acids is 2. The molecule has 2 amide bonds. The lowest BCUT2D eigenvalue weighted by molar-refractivity contribution is -0.111. The van der Waals surface area contributed by atoms with Crippen LogP contribution in [0.25, 0.3) is 6.08 Å². The Kier molecular flexibility index (Phi) is 6.43. The predicted octanol–water partition coefficient (Wildman–Crippen LogP) is 4.57. The standard InChI is InChI=1S/C24H23N3O3S/c1-16-25-19(15-31-16)14-30-20-11-6-17(7-12-20)8-13-23(28)27-22-5-3-2-4-21(22)24(29)26-18-9-10-18/h2-8,11-13,15,18H,9-10,14H2,1H3,(H,26,29)(H,27,28)/b13-8+. The monoisotopic (exact) mass is 433 g/mol. The van der Waals surface area contributed by atoms with E-state index in [2.05, 4.69) is 15.6 Å². The van der Waals surface area contributed by atoms with Crippen LogP contribution in [0, 0.1) is 6.92 Å². The molecule has 0 radical (unpaired) electrons. The van der Waals surface area contributed by atoms with Crippen molar-refractivity contribution in [3.05, 3.63) is 81.8 Å². The van der Waals surface area contributed by atoms with Gasteiger partial charge in [-0.25, -0.2) is 4.98 Å². The SMILES string of the molecule is Cc1nc(COc2ccc(/C=C/C(=O)Nc3ccccc3C(=O)NC3CC3)cc2)cs1. The van der Waals surface area contributed by atoms with E-state index in [4.69, 9.17) is 4.74 Å². The van der Waals surface area contributed by atoms with Gasteiger partial charge in [-0.05, 0) is 55.7 Å². The number of carbonyl (C=O) groups is 2. The molecule has 31 heavy (non-hydrogen) atoms. The summed E-state index contributed by atoms with van der Waals surface area (Å²) >= 11 is 1.60. The lowest BCUT2D eigenvalue weighted by Crippen LogP contribution is -2.26. The fourth-order valence-electron chi connectivity index (χ4n) is 2.93. The van der Waals surface area contributed by atoms with Gasteiger partial charge in [-0.1, -0.05) is 24.3 Å². The first-order valence-electron chi connectivity index (χ1n) is 10.1. The minimum atomic E-state index is -0.300. The van der Waals surface area contributed by atoms with Crippen molar-refractivity contribution in [1.82, 2.24) is 10.3 Å². The van der Waals surface area contributed by atoms with Crippen molar-refractivity contribution in [3.8, 4) is 5.75 Å². The molecule has 0 saturated heterocycles. The highest BCUT2D eigenvalue weighted by molar-refractivity contribution is 7.09. The molecule has 1 aromatic heterocycles. The molecule has 1 heterocycles. The first kappa shape index (κ1) is 20.8. The Balaban J connectivity index is 1.32. The number of thiazole rings is 1. The maximum atomic E-state index is 12.4. The molecular formula is C24H23N3O3S. The fourth-order valence-corrected chi connectivity index (χ4v) is 3.53. The molecule has 4 rings (SSSR count). The summed E-state index contributed by atoms with van der Waals surface area (Å²) < 4.78 is 5.74. The topological polar surface area (TPSA) is 80.3 Å². The van der Waals surface area contributed by atoms with E-state index in [1.807, 2.05) is 36.6 Å². The lowest BCUT2D eigenvalue weighted by atomic mass is 10.1. The van der Waals surface area contributed by atoms with Crippen LogP contribution in [0.2, 0.25) is 0 Å². The van der Waals surface area contributed by atoms with Gasteiger partial charge in [-0.15, -0.1) is 11.3 Å². The van der Waals surface area contributed by atoms with E-state index in [-0.39, 0.29) is 17.9 Å². The highest BCUT2D eigenvalue weighted by Crippen LogP contribution is 2.22. The van der Waals surface area contributed by atoms with E-state index in [9.17, 15) is 9.59 Å². The third-order valence-electron chi connectivity index (χ3n) is 4.70. The number of ether oxygens (including phenoxy) is 1. The van der Waals surface area contributed by atoms with Gasteiger partial charge in [0.2, 0.25) is 5.91 Å². The zero-order chi connectivity index (χ0) is 21.6. The molecule has 0 bridgehead atoms. The quantitative estimate of drug-likeness (QED) is 0.510. The van der Waals surface area contributed by atoms with E-state index >= 15 is 0 Å². The molecule has 1 aliphatic carbocycles. The number of hydrogen-bond acceptors (Lipinski definition) is 5. The van der Waals surface area contributed by atoms with Crippen LogP contribution in [-0.4, -0.2) is 22.8 Å². The van der Waals surface area contributed by atoms with Crippen LogP contribution in [0.3, 0.4) is 0 Å². The Morgan fingerprint density at radius 1 is 1.16 bits per heavy atom. The van der Waals surface area contributed by atoms with Gasteiger partial charge in [0.1, 0.15) is 12.4 Å². The number of nitrogens with zero attached hydrogens (tertiary/aromatic N) is 1. The Morgan fingerprint density at radius 3 is 2.65 bits per heavy atom. The van der Waals surface area contributed by atoms with E-state index in [0.29, 0.717) is 17.9 Å². The van der Waals surface area contributed by atoms with Gasteiger partial charge >= 0.3 is 0 Å². The van der Waals surface area contributed by atoms with Crippen molar-refractivity contribution in [2.24, 2.45) is 0 Å². The number of para-hydroxylation sites is 1. The zero-order valence-corrected chi connectivity index (χ0v) is 17.9. The Morgan fingerprint density at radius 2 is 1.94 bits per heavy atom. The second kappa shape index (κ2) is 9.57. The molecule has 1 fully saturated rings. The van der Waals surface area contributed by atoms with E-state index in [1.54, 1.807) is 41.7 Å². The Hall–Kier alpha value is -3.45. The summed E-state index contributed by atoms with van der Waals surface area (Å²) in [6, 6.07) is 14.7. The largest absolute Gasteiger partial charge is 0.487 e. The summed E-state index contributed by atoms with van der Waals surface area (Å²) in [5, 5.41) is 8.74. The van der Waals surface area contributed by atoms with Crippen molar-refractivity contribution in [3.63, 3.8) is 0 Å². The van der Waals surface area contributed by atoms with Crippen molar-refractivity contribution in [2.75, 3.05) is 5.32 Å². The van der Waals surface area contributed by atoms with Crippen LogP contribution in [0.4, 0.5) is 5.69 Å². The van der Waals surface area contributed by atoms with Crippen LogP contribution in [-0.2, 0) is 11.4 Å². The van der Waals surface area contributed by atoms with E-state index in [1.165, 1.54) is 6.08 Å². The Labute approximate surface area is 185 Å². The molecule has 0 unspecified atom stereocenters. The van der Waals surface area contributed by atoms with Gasteiger partial charge in [-0.3, -0.25) is 9.59 Å². The molecule has 0 spiro atoms. The van der Waals surface area contributed by atoms with Crippen molar-refractivity contribution in [1.29, 1.82) is 0 Å². The Bertz CT molecular complexity index is 1100. The number of aryl methyl sites for hydroxylation is 1. The molecule has 2 aromatic carbocycles. The van der Waals surface area contributed by atoms with Gasteiger partial charge in [0.05, 0.1) is 22.0 Å². The zero-order valence-electron chi connectivity index (χ0n) is 17.1. The molecule has 158 valence electrons. The molecule has 1 aliphatic rings. The molecule has 3 aromatic rings. The maximum absolute atomic E-state index is 12.4. The van der Waals surface area contributed by atoms with Gasteiger partial charge in [0.25, 0.3) is 5.91 Å². The fraction of sp³-hybridized carbons (Fsp3) is 0.208. The average molecular weight is 434 g/mol. The third-order valence-corrected chi connectivity index (χ3v) is 5.53. The second-order valence-electron chi connectivity index (χ2n) is 7.33. The highest BCUT2D eigenvalue weighted by atomic mass is 32.1. The number of amides is 2. The number of nitrogens with one attached hydrogen (secondary N) is 2. The number of anilines is 1. The maximum Gasteiger partial charge on any atom is 0.253 e. The van der Waals surface area contributed by atoms with Crippen LogP contribution < -0.4 is 15.4 Å². The first-order chi connectivity index (χ1) is 15.1. The molecule has 1 saturated carbocycles. The van der Waals surface area contributed by atoms with Crippen molar-refractivity contribution < 1.29 is 14.3 Å². The van der Waals surface area contributed by atoms with E-state index < -0.39 is 0 Å². The number of rotatable bonds is 8. The normalized spacial score (nSPS) is 13.2. The van der Waals surface area contributed by atoms with Crippen LogP contribution in [0.5, 0.6) is 5.75 Å². The van der Waals surface area contributed by atoms with Crippen molar-refractivity contribution >= 4 is 34.9 Å².